The van der Waals surface area contributed by atoms with E-state index in [4.69, 9.17) is 4.74 Å². The molecular formula is C15H16BrNO2. The predicted octanol–water partition coefficient (Wildman–Crippen LogP) is 4.34. The Balaban J connectivity index is 2.21. The van der Waals surface area contributed by atoms with E-state index in [0.717, 1.165) is 21.5 Å². The molecule has 0 aliphatic rings. The standard InChI is InChI=1S/C15H16BrNO2/c1-10(11-4-3-5-12(18)8-11)17-15-9-13(19-2)6-7-14(15)16/h3-10,17-18H,1-2H3. The van der Waals surface area contributed by atoms with Gasteiger partial charge in [-0.15, -0.1) is 0 Å². The lowest BCUT2D eigenvalue weighted by Crippen LogP contribution is -2.07. The summed E-state index contributed by atoms with van der Waals surface area (Å²) < 4.78 is 6.19. The highest BCUT2D eigenvalue weighted by Gasteiger charge is 2.09. The van der Waals surface area contributed by atoms with Gasteiger partial charge in [0.15, 0.2) is 0 Å². The Morgan fingerprint density at radius 1 is 1.21 bits per heavy atom. The Labute approximate surface area is 121 Å². The minimum Gasteiger partial charge on any atom is -0.508 e. The second kappa shape index (κ2) is 5.97. The highest BCUT2D eigenvalue weighted by Crippen LogP contribution is 2.30. The zero-order chi connectivity index (χ0) is 13.8. The molecular weight excluding hydrogens is 306 g/mol. The van der Waals surface area contributed by atoms with Crippen LogP contribution in [0, 0.1) is 0 Å². The van der Waals surface area contributed by atoms with Crippen LogP contribution in [0.25, 0.3) is 0 Å². The van der Waals surface area contributed by atoms with Crippen molar-refractivity contribution >= 4 is 21.6 Å². The van der Waals surface area contributed by atoms with Gasteiger partial charge in [-0.05, 0) is 52.7 Å². The number of hydrogen-bond donors (Lipinski definition) is 2. The lowest BCUT2D eigenvalue weighted by atomic mass is 10.1. The van der Waals surface area contributed by atoms with Gasteiger partial charge >= 0.3 is 0 Å². The summed E-state index contributed by atoms with van der Waals surface area (Å²) in [7, 11) is 1.64. The number of ether oxygens (including phenoxy) is 1. The zero-order valence-electron chi connectivity index (χ0n) is 10.9. The first-order chi connectivity index (χ1) is 9.10. The molecule has 4 heteroatoms. The lowest BCUT2D eigenvalue weighted by Gasteiger charge is -2.17. The van der Waals surface area contributed by atoms with Gasteiger partial charge in [0.1, 0.15) is 11.5 Å². The molecule has 0 radical (unpaired) electrons. The van der Waals surface area contributed by atoms with Crippen molar-refractivity contribution in [1.82, 2.24) is 0 Å². The smallest absolute Gasteiger partial charge is 0.121 e. The van der Waals surface area contributed by atoms with Crippen LogP contribution in [0.2, 0.25) is 0 Å². The highest BCUT2D eigenvalue weighted by atomic mass is 79.9. The number of halogens is 1. The molecule has 3 nitrogen and oxygen atoms in total. The fourth-order valence-corrected chi connectivity index (χ4v) is 2.21. The number of phenolic OH excluding ortho intramolecular Hbond substituents is 1. The molecule has 2 aromatic carbocycles. The number of nitrogens with one attached hydrogen (secondary N) is 1. The van der Waals surface area contributed by atoms with Crippen LogP contribution in [0.1, 0.15) is 18.5 Å². The molecule has 2 rings (SSSR count). The Morgan fingerprint density at radius 2 is 2.00 bits per heavy atom. The SMILES string of the molecule is COc1ccc(Br)c(NC(C)c2cccc(O)c2)c1. The monoisotopic (exact) mass is 321 g/mol. The van der Waals surface area contributed by atoms with Crippen molar-refractivity contribution in [2.24, 2.45) is 0 Å². The van der Waals surface area contributed by atoms with E-state index in [1.54, 1.807) is 19.2 Å². The summed E-state index contributed by atoms with van der Waals surface area (Å²) in [6.45, 7) is 2.04. The Morgan fingerprint density at radius 3 is 2.68 bits per heavy atom. The van der Waals surface area contributed by atoms with E-state index >= 15 is 0 Å². The van der Waals surface area contributed by atoms with Gasteiger partial charge in [0.25, 0.3) is 0 Å². The normalized spacial score (nSPS) is 11.9. The molecule has 0 heterocycles. The molecule has 1 atom stereocenters. The molecule has 0 aliphatic heterocycles. The largest absolute Gasteiger partial charge is 0.508 e. The fraction of sp³-hybridized carbons (Fsp3) is 0.200. The molecule has 0 spiro atoms. The Hall–Kier alpha value is -1.68. The second-order valence-electron chi connectivity index (χ2n) is 4.31. The molecule has 0 bridgehead atoms. The topological polar surface area (TPSA) is 41.5 Å². The van der Waals surface area contributed by atoms with Gasteiger partial charge in [0, 0.05) is 16.6 Å². The number of benzene rings is 2. The lowest BCUT2D eigenvalue weighted by molar-refractivity contribution is 0.415. The van der Waals surface area contributed by atoms with Crippen molar-refractivity contribution in [1.29, 1.82) is 0 Å². The van der Waals surface area contributed by atoms with Crippen LogP contribution in [0.5, 0.6) is 11.5 Å². The Kier molecular flexibility index (Phi) is 4.32. The summed E-state index contributed by atoms with van der Waals surface area (Å²) >= 11 is 3.51. The van der Waals surface area contributed by atoms with Gasteiger partial charge in [0.05, 0.1) is 12.8 Å². The van der Waals surface area contributed by atoms with Gasteiger partial charge in [-0.25, -0.2) is 0 Å². The van der Waals surface area contributed by atoms with Crippen LogP contribution < -0.4 is 10.1 Å². The van der Waals surface area contributed by atoms with Crippen molar-refractivity contribution in [2.45, 2.75) is 13.0 Å². The minimum atomic E-state index is 0.0792. The molecule has 0 saturated carbocycles. The first-order valence-corrected chi connectivity index (χ1v) is 6.78. The third-order valence-corrected chi connectivity index (χ3v) is 3.61. The van der Waals surface area contributed by atoms with Crippen LogP contribution in [-0.2, 0) is 0 Å². The molecule has 0 saturated heterocycles. The van der Waals surface area contributed by atoms with Crippen LogP contribution in [0.4, 0.5) is 5.69 Å². The summed E-state index contributed by atoms with van der Waals surface area (Å²) in [5.41, 5.74) is 1.98. The van der Waals surface area contributed by atoms with E-state index in [1.165, 1.54) is 0 Å². The maximum Gasteiger partial charge on any atom is 0.121 e. The van der Waals surface area contributed by atoms with Gasteiger partial charge in [0.2, 0.25) is 0 Å². The van der Waals surface area contributed by atoms with Crippen molar-refractivity contribution in [2.75, 3.05) is 12.4 Å². The van der Waals surface area contributed by atoms with Crippen LogP contribution in [0.15, 0.2) is 46.9 Å². The van der Waals surface area contributed by atoms with Crippen LogP contribution >= 0.6 is 15.9 Å². The second-order valence-corrected chi connectivity index (χ2v) is 5.16. The highest BCUT2D eigenvalue weighted by molar-refractivity contribution is 9.10. The van der Waals surface area contributed by atoms with Gasteiger partial charge < -0.3 is 15.2 Å². The number of anilines is 1. The van der Waals surface area contributed by atoms with Gasteiger partial charge in [-0.3, -0.25) is 0 Å². The van der Waals surface area contributed by atoms with Gasteiger partial charge in [-0.2, -0.15) is 0 Å². The first kappa shape index (κ1) is 13.7. The number of methoxy groups -OCH3 is 1. The molecule has 2 N–H and O–H groups in total. The molecule has 19 heavy (non-hydrogen) atoms. The zero-order valence-corrected chi connectivity index (χ0v) is 12.4. The van der Waals surface area contributed by atoms with Crippen LogP contribution in [-0.4, -0.2) is 12.2 Å². The van der Waals surface area contributed by atoms with Crippen molar-refractivity contribution in [3.8, 4) is 11.5 Å². The van der Waals surface area contributed by atoms with E-state index in [-0.39, 0.29) is 11.8 Å². The molecule has 1 unspecified atom stereocenters. The summed E-state index contributed by atoms with van der Waals surface area (Å²) in [6.07, 6.45) is 0. The maximum atomic E-state index is 9.51. The predicted molar refractivity (Wildman–Crippen MR) is 80.8 cm³/mol. The summed E-state index contributed by atoms with van der Waals surface area (Å²) in [5, 5.41) is 12.9. The van der Waals surface area contributed by atoms with E-state index in [1.807, 2.05) is 37.3 Å². The Bertz CT molecular complexity index is 572. The van der Waals surface area contributed by atoms with Crippen molar-refractivity contribution in [3.63, 3.8) is 0 Å². The van der Waals surface area contributed by atoms with E-state index in [0.29, 0.717) is 0 Å². The number of phenols is 1. The molecule has 2 aromatic rings. The van der Waals surface area contributed by atoms with E-state index < -0.39 is 0 Å². The van der Waals surface area contributed by atoms with Crippen molar-refractivity contribution in [3.05, 3.63) is 52.5 Å². The minimum absolute atomic E-state index is 0.0792. The van der Waals surface area contributed by atoms with E-state index in [2.05, 4.69) is 21.2 Å². The third-order valence-electron chi connectivity index (χ3n) is 2.92. The molecule has 0 aromatic heterocycles. The maximum absolute atomic E-state index is 9.51. The first-order valence-electron chi connectivity index (χ1n) is 5.99. The average molecular weight is 322 g/mol. The van der Waals surface area contributed by atoms with Crippen LogP contribution in [0.3, 0.4) is 0 Å². The number of hydrogen-bond acceptors (Lipinski definition) is 3. The van der Waals surface area contributed by atoms with Gasteiger partial charge in [-0.1, -0.05) is 12.1 Å². The third kappa shape index (κ3) is 3.41. The van der Waals surface area contributed by atoms with E-state index in [9.17, 15) is 5.11 Å². The summed E-state index contributed by atoms with van der Waals surface area (Å²) in [6, 6.07) is 13.1. The molecule has 0 amide bonds. The quantitative estimate of drug-likeness (QED) is 0.880. The summed E-state index contributed by atoms with van der Waals surface area (Å²) in [4.78, 5) is 0. The number of rotatable bonds is 4. The molecule has 0 aliphatic carbocycles. The molecule has 0 fully saturated rings. The number of aromatic hydroxyl groups is 1. The van der Waals surface area contributed by atoms with Crippen molar-refractivity contribution < 1.29 is 9.84 Å². The average Bonchev–Trinajstić information content (AvgIpc) is 2.41. The summed E-state index contributed by atoms with van der Waals surface area (Å²) in [5.74, 6) is 1.07. The molecule has 100 valence electrons. The fourth-order valence-electron chi connectivity index (χ4n) is 1.85.